The van der Waals surface area contributed by atoms with Crippen LogP contribution in [0.4, 0.5) is 0 Å². The maximum atomic E-state index is 10.2. The number of rotatable bonds is 5. The molecule has 0 aromatic heterocycles. The van der Waals surface area contributed by atoms with Crippen LogP contribution in [0.2, 0.25) is 0 Å². The number of hydrogen-bond acceptors (Lipinski definition) is 3. The largest absolute Gasteiger partial charge is 1.00 e. The van der Waals surface area contributed by atoms with E-state index in [9.17, 15) is 4.79 Å². The molecule has 78 valence electrons. The Hall–Kier alpha value is -0.0100. The molecule has 0 amide bonds. The van der Waals surface area contributed by atoms with Crippen LogP contribution in [0, 0.1) is 5.41 Å². The third-order valence-electron chi connectivity index (χ3n) is 1.32. The first-order valence-electron chi connectivity index (χ1n) is 3.60. The third kappa shape index (κ3) is 12.0. The van der Waals surface area contributed by atoms with Gasteiger partial charge in [-0.1, -0.05) is 0 Å². The normalized spacial score (nSPS) is 10.4. The van der Waals surface area contributed by atoms with E-state index in [0.717, 1.165) is 0 Å². The van der Waals surface area contributed by atoms with Crippen molar-refractivity contribution >= 4 is 11.9 Å². The molecule has 1 atom stereocenters. The summed E-state index contributed by atoms with van der Waals surface area (Å²) in [5.41, 5.74) is 10.2. The summed E-state index contributed by atoms with van der Waals surface area (Å²) in [6.45, 7) is 0.482. The molecule has 6 nitrogen and oxygen atoms in total. The predicted molar refractivity (Wildman–Crippen MR) is 44.8 cm³/mol. The molecule has 0 bridgehead atoms. The van der Waals surface area contributed by atoms with Gasteiger partial charge in [-0.05, 0) is 12.8 Å². The van der Waals surface area contributed by atoms with Crippen molar-refractivity contribution in [1.29, 1.82) is 5.41 Å². The zero-order chi connectivity index (χ0) is 9.56. The fourth-order valence-corrected chi connectivity index (χ4v) is 0.669. The summed E-state index contributed by atoms with van der Waals surface area (Å²) in [6.07, 6.45) is 0.975. The Morgan fingerprint density at radius 2 is 2.07 bits per heavy atom. The van der Waals surface area contributed by atoms with Crippen LogP contribution >= 0.6 is 0 Å². The van der Waals surface area contributed by atoms with E-state index in [2.05, 4.69) is 5.32 Å². The number of halogens is 1. The second-order valence-corrected chi connectivity index (χ2v) is 2.43. The van der Waals surface area contributed by atoms with Crippen LogP contribution in [0.1, 0.15) is 12.8 Å². The summed E-state index contributed by atoms with van der Waals surface area (Å²) in [7, 11) is 0. The number of carbonyl (C=O) groups is 1. The van der Waals surface area contributed by atoms with Gasteiger partial charge in [-0.2, -0.15) is 0 Å². The molecule has 0 aliphatic carbocycles. The maximum Gasteiger partial charge on any atom is 1.00 e. The van der Waals surface area contributed by atoms with Gasteiger partial charge in [0.05, 0.1) is 0 Å². The van der Waals surface area contributed by atoms with Crippen molar-refractivity contribution in [3.63, 3.8) is 0 Å². The molecule has 0 aromatic rings. The van der Waals surface area contributed by atoms with E-state index in [0.29, 0.717) is 19.4 Å². The second kappa shape index (κ2) is 11.1. The molecular formula is C6H14ClN4NaO2. The molecular weight excluding hydrogens is 219 g/mol. The van der Waals surface area contributed by atoms with Crippen molar-refractivity contribution in [2.75, 3.05) is 6.54 Å². The molecule has 0 aliphatic heterocycles. The van der Waals surface area contributed by atoms with E-state index in [1.807, 2.05) is 0 Å². The van der Waals surface area contributed by atoms with Crippen LogP contribution in [-0.4, -0.2) is 29.6 Å². The quantitative estimate of drug-likeness (QED) is 0.139. The fraction of sp³-hybridized carbons (Fsp3) is 0.667. The number of hydrogen-bond donors (Lipinski definition) is 5. The zero-order valence-corrected chi connectivity index (χ0v) is 10.8. The first-order valence-corrected chi connectivity index (χ1v) is 3.60. The number of guanidine groups is 1. The van der Waals surface area contributed by atoms with Gasteiger partial charge in [0, 0.05) is 6.54 Å². The Morgan fingerprint density at radius 3 is 2.43 bits per heavy atom. The van der Waals surface area contributed by atoms with Crippen molar-refractivity contribution in [1.82, 2.24) is 5.32 Å². The Labute approximate surface area is 111 Å². The van der Waals surface area contributed by atoms with Gasteiger partial charge in [-0.3, -0.25) is 10.2 Å². The SMILES string of the molecule is N=C(N)NCCC[C@H](N)C(=O)O.[Cl-].[Na+]. The molecule has 0 saturated carbocycles. The molecule has 0 spiro atoms. The van der Waals surface area contributed by atoms with Gasteiger partial charge in [-0.25, -0.2) is 0 Å². The number of nitrogens with two attached hydrogens (primary N) is 2. The molecule has 7 N–H and O–H groups in total. The van der Waals surface area contributed by atoms with E-state index in [1.54, 1.807) is 0 Å². The Balaban J connectivity index is -0.000000605. The summed E-state index contributed by atoms with van der Waals surface area (Å²) in [6, 6.07) is -0.821. The molecule has 0 radical (unpaired) electrons. The van der Waals surface area contributed by atoms with Gasteiger partial charge in [0.1, 0.15) is 6.04 Å². The predicted octanol–water partition coefficient (Wildman–Crippen LogP) is -7.33. The first-order chi connectivity index (χ1) is 5.54. The molecule has 0 aliphatic rings. The van der Waals surface area contributed by atoms with Gasteiger partial charge in [-0.15, -0.1) is 0 Å². The fourth-order valence-electron chi connectivity index (χ4n) is 0.669. The molecule has 8 heteroatoms. The van der Waals surface area contributed by atoms with Crippen molar-refractivity contribution in [3.05, 3.63) is 0 Å². The van der Waals surface area contributed by atoms with Crippen LogP contribution in [0.5, 0.6) is 0 Å². The van der Waals surface area contributed by atoms with E-state index < -0.39 is 12.0 Å². The van der Waals surface area contributed by atoms with Gasteiger partial charge in [0.15, 0.2) is 5.96 Å². The monoisotopic (exact) mass is 232 g/mol. The number of nitrogens with one attached hydrogen (secondary N) is 2. The Bertz CT molecular complexity index is 181. The standard InChI is InChI=1S/C6H14N4O2.ClH.Na/c7-4(5(11)12)2-1-3-10-6(8)9;;/h4H,1-3,7H2,(H,11,12)(H4,8,9,10);1H;/q;;+1/p-1/t4-;;/m0../s1. The van der Waals surface area contributed by atoms with Crippen LogP contribution < -0.4 is 58.7 Å². The van der Waals surface area contributed by atoms with Gasteiger partial charge in [0.2, 0.25) is 0 Å². The molecule has 14 heavy (non-hydrogen) atoms. The van der Waals surface area contributed by atoms with Gasteiger partial charge >= 0.3 is 35.5 Å². The van der Waals surface area contributed by atoms with Gasteiger partial charge < -0.3 is 34.3 Å². The smallest absolute Gasteiger partial charge is 1.00 e. The average molecular weight is 233 g/mol. The first kappa shape index (κ1) is 19.5. The topological polar surface area (TPSA) is 125 Å². The van der Waals surface area contributed by atoms with E-state index in [1.165, 1.54) is 0 Å². The third-order valence-corrected chi connectivity index (χ3v) is 1.32. The Kier molecular flexibility index (Phi) is 15.5. The van der Waals surface area contributed by atoms with Crippen molar-refractivity contribution in [3.8, 4) is 0 Å². The molecule has 0 aromatic carbocycles. The van der Waals surface area contributed by atoms with E-state index in [4.69, 9.17) is 22.0 Å². The molecule has 0 rings (SSSR count). The minimum atomic E-state index is -1.00. The van der Waals surface area contributed by atoms with E-state index >= 15 is 0 Å². The van der Waals surface area contributed by atoms with Crippen molar-refractivity contribution < 1.29 is 51.9 Å². The molecule has 0 heterocycles. The van der Waals surface area contributed by atoms with E-state index in [-0.39, 0.29) is 47.9 Å². The van der Waals surface area contributed by atoms with Crippen LogP contribution in [0.15, 0.2) is 0 Å². The molecule has 0 unspecified atom stereocenters. The number of aliphatic carboxylic acids is 1. The zero-order valence-electron chi connectivity index (χ0n) is 8.09. The van der Waals surface area contributed by atoms with Gasteiger partial charge in [0.25, 0.3) is 0 Å². The average Bonchev–Trinajstić information content (AvgIpc) is 1.97. The molecule has 0 saturated heterocycles. The minimum absolute atomic E-state index is 0. The number of carboxylic acids is 1. The summed E-state index contributed by atoms with van der Waals surface area (Å²) >= 11 is 0. The molecule has 0 fully saturated rings. The van der Waals surface area contributed by atoms with Crippen molar-refractivity contribution in [2.24, 2.45) is 11.5 Å². The summed E-state index contributed by atoms with van der Waals surface area (Å²) < 4.78 is 0. The second-order valence-electron chi connectivity index (χ2n) is 2.43. The summed E-state index contributed by atoms with van der Waals surface area (Å²) in [4.78, 5) is 10.2. The summed E-state index contributed by atoms with van der Waals surface area (Å²) in [5.74, 6) is -1.11. The number of carboxylic acid groups (broad SMARTS) is 1. The minimum Gasteiger partial charge on any atom is -1.00 e. The Morgan fingerprint density at radius 1 is 1.57 bits per heavy atom. The van der Waals surface area contributed by atoms with Crippen LogP contribution in [0.3, 0.4) is 0 Å². The van der Waals surface area contributed by atoms with Crippen LogP contribution in [-0.2, 0) is 4.79 Å². The van der Waals surface area contributed by atoms with Crippen molar-refractivity contribution in [2.45, 2.75) is 18.9 Å². The summed E-state index contributed by atoms with van der Waals surface area (Å²) in [5, 5.41) is 17.7. The maximum absolute atomic E-state index is 10.2. The van der Waals surface area contributed by atoms with Crippen LogP contribution in [0.25, 0.3) is 0 Å².